The molecule has 19 heavy (non-hydrogen) atoms. The quantitative estimate of drug-likeness (QED) is 0.596. The Kier molecular flexibility index (Phi) is 11.1. The zero-order valence-electron chi connectivity index (χ0n) is 12.0. The molecule has 1 saturated carbocycles. The molecule has 1 aliphatic carbocycles. The SMILES string of the molecule is C=COC1(O)CCCCCCCCC1.C=COC=C. The van der Waals surface area contributed by atoms with E-state index in [2.05, 4.69) is 24.5 Å². The van der Waals surface area contributed by atoms with Crippen LogP contribution >= 0.6 is 0 Å². The first-order valence-corrected chi connectivity index (χ1v) is 7.07. The van der Waals surface area contributed by atoms with Crippen LogP contribution in [0.15, 0.2) is 38.5 Å². The predicted octanol–water partition coefficient (Wildman–Crippen LogP) is 4.65. The molecule has 0 aromatic carbocycles. The number of hydrogen-bond acceptors (Lipinski definition) is 3. The Morgan fingerprint density at radius 2 is 1.16 bits per heavy atom. The molecule has 0 spiro atoms. The van der Waals surface area contributed by atoms with Crippen molar-refractivity contribution in [2.45, 2.75) is 63.6 Å². The molecule has 0 saturated heterocycles. The topological polar surface area (TPSA) is 38.7 Å². The molecule has 1 rings (SSSR count). The average molecular weight is 268 g/mol. The van der Waals surface area contributed by atoms with Crippen molar-refractivity contribution in [3.05, 3.63) is 38.5 Å². The van der Waals surface area contributed by atoms with Crippen LogP contribution in [0.5, 0.6) is 0 Å². The lowest BCUT2D eigenvalue weighted by molar-refractivity contribution is -0.178. The smallest absolute Gasteiger partial charge is 0.207 e. The molecule has 0 aromatic rings. The third-order valence-electron chi connectivity index (χ3n) is 3.13. The largest absolute Gasteiger partial charge is 0.474 e. The average Bonchev–Trinajstić information content (AvgIpc) is 2.39. The number of rotatable bonds is 4. The summed E-state index contributed by atoms with van der Waals surface area (Å²) in [6, 6.07) is 0. The highest BCUT2D eigenvalue weighted by Crippen LogP contribution is 2.26. The van der Waals surface area contributed by atoms with E-state index in [1.165, 1.54) is 50.9 Å². The number of ether oxygens (including phenoxy) is 2. The van der Waals surface area contributed by atoms with Crippen molar-refractivity contribution in [2.24, 2.45) is 0 Å². The third kappa shape index (κ3) is 10.4. The van der Waals surface area contributed by atoms with Gasteiger partial charge in [-0.3, -0.25) is 0 Å². The van der Waals surface area contributed by atoms with Crippen LogP contribution in [0.25, 0.3) is 0 Å². The molecule has 3 nitrogen and oxygen atoms in total. The molecule has 1 aliphatic rings. The van der Waals surface area contributed by atoms with Crippen LogP contribution in [0.3, 0.4) is 0 Å². The standard InChI is InChI=1S/C12H22O2.C4H6O/c1-2-14-12(13)10-8-6-4-3-5-7-9-11-12;1-3-5-4-2/h2,13H,1,3-11H2;3-4H,1-2H2. The van der Waals surface area contributed by atoms with Gasteiger partial charge in [-0.25, -0.2) is 0 Å². The lowest BCUT2D eigenvalue weighted by Gasteiger charge is -2.28. The van der Waals surface area contributed by atoms with Gasteiger partial charge in [0, 0.05) is 12.8 Å². The summed E-state index contributed by atoms with van der Waals surface area (Å²) in [4.78, 5) is 0. The summed E-state index contributed by atoms with van der Waals surface area (Å²) in [5.74, 6) is -0.931. The van der Waals surface area contributed by atoms with E-state index in [1.807, 2.05) is 0 Å². The Balaban J connectivity index is 0.000000555. The Labute approximate surface area is 117 Å². The lowest BCUT2D eigenvalue weighted by Crippen LogP contribution is -2.30. The number of aliphatic hydroxyl groups is 1. The van der Waals surface area contributed by atoms with E-state index >= 15 is 0 Å². The first kappa shape index (κ1) is 17.8. The molecule has 3 heteroatoms. The minimum absolute atomic E-state index is 0.749. The maximum atomic E-state index is 10.1. The van der Waals surface area contributed by atoms with E-state index in [1.54, 1.807) is 0 Å². The van der Waals surface area contributed by atoms with E-state index in [9.17, 15) is 5.11 Å². The highest BCUT2D eigenvalue weighted by Gasteiger charge is 2.26. The van der Waals surface area contributed by atoms with E-state index in [0.29, 0.717) is 0 Å². The molecule has 0 heterocycles. The zero-order valence-corrected chi connectivity index (χ0v) is 12.0. The molecule has 1 fully saturated rings. The normalized spacial score (nSPS) is 19.0. The van der Waals surface area contributed by atoms with Gasteiger partial charge in [0.05, 0.1) is 18.8 Å². The van der Waals surface area contributed by atoms with Crippen molar-refractivity contribution >= 4 is 0 Å². The van der Waals surface area contributed by atoms with Gasteiger partial charge in [0.2, 0.25) is 5.79 Å². The summed E-state index contributed by atoms with van der Waals surface area (Å²) in [6.07, 6.45) is 14.0. The molecular formula is C16H28O3. The van der Waals surface area contributed by atoms with Crippen molar-refractivity contribution in [3.8, 4) is 0 Å². The van der Waals surface area contributed by atoms with Crippen LogP contribution in [-0.4, -0.2) is 10.9 Å². The van der Waals surface area contributed by atoms with Gasteiger partial charge in [-0.05, 0) is 12.8 Å². The van der Waals surface area contributed by atoms with Crippen LogP contribution < -0.4 is 0 Å². The minimum atomic E-state index is -0.931. The monoisotopic (exact) mass is 268 g/mol. The summed E-state index contributed by atoms with van der Waals surface area (Å²) in [6.45, 7) is 10.0. The fourth-order valence-electron chi connectivity index (χ4n) is 2.15. The van der Waals surface area contributed by atoms with Gasteiger partial charge in [-0.1, -0.05) is 51.8 Å². The van der Waals surface area contributed by atoms with Crippen molar-refractivity contribution in [1.82, 2.24) is 0 Å². The summed E-state index contributed by atoms with van der Waals surface area (Å²) < 4.78 is 9.58. The van der Waals surface area contributed by atoms with E-state index in [4.69, 9.17) is 4.74 Å². The minimum Gasteiger partial charge on any atom is -0.474 e. The van der Waals surface area contributed by atoms with Crippen LogP contribution in [0.1, 0.15) is 57.8 Å². The maximum absolute atomic E-state index is 10.1. The van der Waals surface area contributed by atoms with Crippen LogP contribution in [-0.2, 0) is 9.47 Å². The van der Waals surface area contributed by atoms with Gasteiger partial charge in [0.1, 0.15) is 0 Å². The lowest BCUT2D eigenvalue weighted by atomic mass is 9.96. The van der Waals surface area contributed by atoms with E-state index < -0.39 is 5.79 Å². The molecule has 0 aliphatic heterocycles. The van der Waals surface area contributed by atoms with Crippen molar-refractivity contribution in [3.63, 3.8) is 0 Å². The predicted molar refractivity (Wildman–Crippen MR) is 79.3 cm³/mol. The fourth-order valence-corrected chi connectivity index (χ4v) is 2.15. The van der Waals surface area contributed by atoms with Crippen LogP contribution in [0.2, 0.25) is 0 Å². The Hall–Kier alpha value is -1.22. The molecule has 110 valence electrons. The molecule has 0 amide bonds. The van der Waals surface area contributed by atoms with Gasteiger partial charge in [-0.15, -0.1) is 0 Å². The van der Waals surface area contributed by atoms with Crippen molar-refractivity contribution < 1.29 is 14.6 Å². The summed E-state index contributed by atoms with van der Waals surface area (Å²) in [5.41, 5.74) is 0. The van der Waals surface area contributed by atoms with Gasteiger partial charge in [-0.2, -0.15) is 0 Å². The summed E-state index contributed by atoms with van der Waals surface area (Å²) in [7, 11) is 0. The molecule has 0 unspecified atom stereocenters. The molecule has 0 aromatic heterocycles. The second-order valence-electron chi connectivity index (χ2n) is 4.67. The molecular weight excluding hydrogens is 240 g/mol. The van der Waals surface area contributed by atoms with Gasteiger partial charge in [0.15, 0.2) is 0 Å². The molecule has 0 bridgehead atoms. The molecule has 0 atom stereocenters. The van der Waals surface area contributed by atoms with Gasteiger partial charge < -0.3 is 14.6 Å². The maximum Gasteiger partial charge on any atom is 0.207 e. The van der Waals surface area contributed by atoms with Crippen LogP contribution in [0.4, 0.5) is 0 Å². The first-order valence-electron chi connectivity index (χ1n) is 7.07. The molecule has 0 radical (unpaired) electrons. The first-order chi connectivity index (χ1) is 9.18. The zero-order chi connectivity index (χ0) is 14.4. The Morgan fingerprint density at radius 1 is 0.737 bits per heavy atom. The summed E-state index contributed by atoms with van der Waals surface area (Å²) >= 11 is 0. The van der Waals surface area contributed by atoms with E-state index in [-0.39, 0.29) is 0 Å². The highest BCUT2D eigenvalue weighted by atomic mass is 16.6. The Bertz CT molecular complexity index is 232. The third-order valence-corrected chi connectivity index (χ3v) is 3.13. The molecule has 1 N–H and O–H groups in total. The van der Waals surface area contributed by atoms with E-state index in [0.717, 1.165) is 25.7 Å². The van der Waals surface area contributed by atoms with Crippen molar-refractivity contribution in [2.75, 3.05) is 0 Å². The Morgan fingerprint density at radius 3 is 1.47 bits per heavy atom. The van der Waals surface area contributed by atoms with Crippen LogP contribution in [0, 0.1) is 0 Å². The van der Waals surface area contributed by atoms with Gasteiger partial charge >= 0.3 is 0 Å². The summed E-state index contributed by atoms with van der Waals surface area (Å²) in [5, 5.41) is 10.1. The van der Waals surface area contributed by atoms with Crippen molar-refractivity contribution in [1.29, 1.82) is 0 Å². The van der Waals surface area contributed by atoms with Gasteiger partial charge in [0.25, 0.3) is 0 Å². The second kappa shape index (κ2) is 11.8. The highest BCUT2D eigenvalue weighted by molar-refractivity contribution is 4.72. The second-order valence-corrected chi connectivity index (χ2v) is 4.67. The number of hydrogen-bond donors (Lipinski definition) is 1. The fraction of sp³-hybridized carbons (Fsp3) is 0.625.